The highest BCUT2D eigenvalue weighted by Gasteiger charge is 2.45. The number of aryl methyl sites for hydroxylation is 1. The van der Waals surface area contributed by atoms with Crippen molar-refractivity contribution < 1.29 is 18.0 Å². The zero-order valence-corrected chi connectivity index (χ0v) is 19.2. The predicted molar refractivity (Wildman–Crippen MR) is 125 cm³/mol. The molecule has 4 rings (SSSR count). The number of amides is 1. The number of hydrogen-bond donors (Lipinski definition) is 2. The van der Waals surface area contributed by atoms with Gasteiger partial charge >= 0.3 is 6.18 Å². The Morgan fingerprint density at radius 2 is 1.88 bits per heavy atom. The second-order valence-corrected chi connectivity index (χ2v) is 9.10. The fourth-order valence-corrected chi connectivity index (χ4v) is 4.77. The Labute approximate surface area is 196 Å². The van der Waals surface area contributed by atoms with Gasteiger partial charge in [-0.25, -0.2) is 4.98 Å². The summed E-state index contributed by atoms with van der Waals surface area (Å²) in [5.74, 6) is 0.346. The van der Waals surface area contributed by atoms with Crippen molar-refractivity contribution in [3.05, 3.63) is 40.3 Å². The number of likely N-dealkylation sites (tertiary alicyclic amines) is 1. The summed E-state index contributed by atoms with van der Waals surface area (Å²) in [4.78, 5) is 35.2. The van der Waals surface area contributed by atoms with Gasteiger partial charge in [-0.15, -0.1) is 0 Å². The molecular weight excluding hydrogens is 447 g/mol. The maximum atomic E-state index is 13.6. The number of H-pyrrole nitrogens is 1. The summed E-state index contributed by atoms with van der Waals surface area (Å²) in [6.07, 6.45) is 0.993. The summed E-state index contributed by atoms with van der Waals surface area (Å²) in [6, 6.07) is 2.97. The Bertz CT molecular complexity index is 1080. The lowest BCUT2D eigenvalue weighted by Gasteiger charge is -2.38. The van der Waals surface area contributed by atoms with Crippen molar-refractivity contribution in [2.45, 2.75) is 57.7 Å². The van der Waals surface area contributed by atoms with Crippen molar-refractivity contribution in [2.24, 2.45) is 0 Å². The van der Waals surface area contributed by atoms with Gasteiger partial charge in [-0.05, 0) is 80.9 Å². The van der Waals surface area contributed by atoms with Gasteiger partial charge in [0.25, 0.3) is 0 Å². The molecule has 2 aromatic heterocycles. The first kappa shape index (κ1) is 24.3. The SMILES string of the molecule is Cc1cnc(NC(=O)CCN2CCCC2)cc1-c1cc(N2CCCC[C@@H]2C(F)(F)F)[nH]c(=O)c1. The predicted octanol–water partition coefficient (Wildman–Crippen LogP) is 4.09. The van der Waals surface area contributed by atoms with Gasteiger partial charge in [0.1, 0.15) is 17.7 Å². The van der Waals surface area contributed by atoms with E-state index in [4.69, 9.17) is 0 Å². The molecule has 7 nitrogen and oxygen atoms in total. The second-order valence-electron chi connectivity index (χ2n) is 9.10. The number of nitrogens with zero attached hydrogens (tertiary/aromatic N) is 3. The molecule has 2 saturated heterocycles. The van der Waals surface area contributed by atoms with Gasteiger partial charge < -0.3 is 20.1 Å². The summed E-state index contributed by atoms with van der Waals surface area (Å²) in [7, 11) is 0. The van der Waals surface area contributed by atoms with Crippen LogP contribution < -0.4 is 15.8 Å². The Kier molecular flexibility index (Phi) is 7.25. The number of alkyl halides is 3. The van der Waals surface area contributed by atoms with Gasteiger partial charge in [0.15, 0.2) is 0 Å². The van der Waals surface area contributed by atoms with Crippen molar-refractivity contribution in [1.29, 1.82) is 0 Å². The first-order valence-corrected chi connectivity index (χ1v) is 11.8. The van der Waals surface area contributed by atoms with Crippen LogP contribution in [0, 0.1) is 6.92 Å². The molecule has 2 aliphatic rings. The summed E-state index contributed by atoms with van der Waals surface area (Å²) >= 11 is 0. The van der Waals surface area contributed by atoms with E-state index < -0.39 is 17.8 Å². The zero-order chi connectivity index (χ0) is 24.3. The van der Waals surface area contributed by atoms with Crippen molar-refractivity contribution in [2.75, 3.05) is 36.4 Å². The molecule has 2 fully saturated rings. The van der Waals surface area contributed by atoms with Gasteiger partial charge in [0.05, 0.1) is 0 Å². The number of aromatic nitrogens is 2. The number of piperidine rings is 1. The van der Waals surface area contributed by atoms with Crippen LogP contribution in [-0.2, 0) is 4.79 Å². The molecule has 10 heteroatoms. The van der Waals surface area contributed by atoms with Crippen LogP contribution in [0.4, 0.5) is 24.8 Å². The molecule has 184 valence electrons. The Balaban J connectivity index is 1.56. The molecule has 0 saturated carbocycles. The third-order valence-electron chi connectivity index (χ3n) is 6.56. The lowest BCUT2D eigenvalue weighted by atomic mass is 10.00. The van der Waals surface area contributed by atoms with E-state index in [1.807, 2.05) is 6.92 Å². The van der Waals surface area contributed by atoms with E-state index in [1.54, 1.807) is 18.3 Å². The van der Waals surface area contributed by atoms with E-state index in [1.165, 1.54) is 11.0 Å². The third-order valence-corrected chi connectivity index (χ3v) is 6.56. The number of nitrogens with one attached hydrogen (secondary N) is 2. The Hall–Kier alpha value is -2.88. The average molecular weight is 478 g/mol. The molecule has 0 aromatic carbocycles. The molecule has 2 N–H and O–H groups in total. The van der Waals surface area contributed by atoms with E-state index in [-0.39, 0.29) is 24.7 Å². The van der Waals surface area contributed by atoms with Crippen LogP contribution >= 0.6 is 0 Å². The zero-order valence-electron chi connectivity index (χ0n) is 19.2. The number of pyridine rings is 2. The lowest BCUT2D eigenvalue weighted by Crippen LogP contribution is -2.49. The molecule has 0 spiro atoms. The van der Waals surface area contributed by atoms with Crippen LogP contribution in [0.25, 0.3) is 11.1 Å². The molecule has 2 aliphatic heterocycles. The van der Waals surface area contributed by atoms with Gasteiger partial charge in [-0.2, -0.15) is 13.2 Å². The largest absolute Gasteiger partial charge is 0.408 e. The van der Waals surface area contributed by atoms with E-state index in [9.17, 15) is 22.8 Å². The van der Waals surface area contributed by atoms with E-state index >= 15 is 0 Å². The Morgan fingerprint density at radius 1 is 1.15 bits per heavy atom. The molecule has 1 atom stereocenters. The number of carbonyl (C=O) groups is 1. The normalized spacial score (nSPS) is 19.4. The van der Waals surface area contributed by atoms with E-state index in [0.717, 1.165) is 31.5 Å². The van der Waals surface area contributed by atoms with Crippen LogP contribution in [0.5, 0.6) is 0 Å². The summed E-state index contributed by atoms with van der Waals surface area (Å²) in [5.41, 5.74) is 1.39. The first-order valence-electron chi connectivity index (χ1n) is 11.8. The minimum absolute atomic E-state index is 0.00233. The monoisotopic (exact) mass is 477 g/mol. The number of rotatable bonds is 6. The molecular formula is C24H30F3N5O2. The Morgan fingerprint density at radius 3 is 2.62 bits per heavy atom. The molecule has 34 heavy (non-hydrogen) atoms. The smallest absolute Gasteiger partial charge is 0.346 e. The first-order chi connectivity index (χ1) is 16.2. The molecule has 0 bridgehead atoms. The lowest BCUT2D eigenvalue weighted by molar-refractivity contribution is -0.152. The highest BCUT2D eigenvalue weighted by atomic mass is 19.4. The van der Waals surface area contributed by atoms with E-state index in [0.29, 0.717) is 42.8 Å². The van der Waals surface area contributed by atoms with Crippen LogP contribution in [0.3, 0.4) is 0 Å². The van der Waals surface area contributed by atoms with Crippen LogP contribution in [-0.4, -0.2) is 59.2 Å². The van der Waals surface area contributed by atoms with Crippen LogP contribution in [0.1, 0.15) is 44.1 Å². The maximum Gasteiger partial charge on any atom is 0.408 e. The van der Waals surface area contributed by atoms with Crippen LogP contribution in [0.15, 0.2) is 29.2 Å². The van der Waals surface area contributed by atoms with E-state index in [2.05, 4.69) is 20.2 Å². The molecule has 2 aromatic rings. The van der Waals surface area contributed by atoms with Gasteiger partial charge in [0, 0.05) is 31.8 Å². The van der Waals surface area contributed by atoms with Crippen molar-refractivity contribution in [3.63, 3.8) is 0 Å². The van der Waals surface area contributed by atoms with Crippen molar-refractivity contribution in [3.8, 4) is 11.1 Å². The fraction of sp³-hybridized carbons (Fsp3) is 0.542. The fourth-order valence-electron chi connectivity index (χ4n) is 4.77. The highest BCUT2D eigenvalue weighted by Crippen LogP contribution is 2.35. The number of aromatic amines is 1. The van der Waals surface area contributed by atoms with Gasteiger partial charge in [-0.1, -0.05) is 0 Å². The van der Waals surface area contributed by atoms with Gasteiger partial charge in [0.2, 0.25) is 11.5 Å². The standard InChI is InChI=1S/C24H30F3N5O2/c1-16-15-28-20(29-22(33)7-11-31-8-4-5-9-31)14-18(16)17-12-21(30-23(34)13-17)32-10-3-2-6-19(32)24(25,26)27/h12-15,19H,2-11H2,1H3,(H,30,34)(H,28,29,33)/t19-/m1/s1. The summed E-state index contributed by atoms with van der Waals surface area (Å²) in [5, 5.41) is 2.80. The number of hydrogen-bond acceptors (Lipinski definition) is 5. The molecule has 4 heterocycles. The van der Waals surface area contributed by atoms with Crippen molar-refractivity contribution in [1.82, 2.24) is 14.9 Å². The number of carbonyl (C=O) groups excluding carboxylic acids is 1. The van der Waals surface area contributed by atoms with Crippen molar-refractivity contribution >= 4 is 17.5 Å². The minimum atomic E-state index is -4.38. The topological polar surface area (TPSA) is 81.3 Å². The minimum Gasteiger partial charge on any atom is -0.346 e. The molecule has 0 radical (unpaired) electrons. The number of halogens is 3. The molecule has 0 aliphatic carbocycles. The third kappa shape index (κ3) is 5.78. The van der Waals surface area contributed by atoms with Crippen LogP contribution in [0.2, 0.25) is 0 Å². The maximum absolute atomic E-state index is 13.6. The summed E-state index contributed by atoms with van der Waals surface area (Å²) < 4.78 is 40.8. The number of anilines is 2. The quantitative estimate of drug-likeness (QED) is 0.655. The highest BCUT2D eigenvalue weighted by molar-refractivity contribution is 5.90. The van der Waals surface area contributed by atoms with Gasteiger partial charge in [-0.3, -0.25) is 9.59 Å². The summed E-state index contributed by atoms with van der Waals surface area (Å²) in [6.45, 7) is 4.74. The molecule has 1 amide bonds. The second kappa shape index (κ2) is 10.2. The average Bonchev–Trinajstić information content (AvgIpc) is 3.32. The molecule has 0 unspecified atom stereocenters.